The van der Waals surface area contributed by atoms with Crippen molar-refractivity contribution in [3.63, 3.8) is 0 Å². The number of carboxylic acid groups (broad SMARTS) is 1. The van der Waals surface area contributed by atoms with Crippen molar-refractivity contribution in [3.8, 4) is 0 Å². The number of hydrogen-bond donors (Lipinski definition) is 3. The topological polar surface area (TPSA) is 152 Å². The summed E-state index contributed by atoms with van der Waals surface area (Å²) < 4.78 is 10.4. The number of ether oxygens (including phenoxy) is 2. The van der Waals surface area contributed by atoms with Crippen LogP contribution in [-0.4, -0.2) is 70.9 Å². The number of likely N-dealkylation sites (N-methyl/N-ethyl adjacent to an activating group) is 1. The SMILES string of the molecule is CN(CCNN(C(=O)OC(C)(C)C)[C@@H](CC(N)=O)C(=O)O)C(=O)OCc1ccccc1. The van der Waals surface area contributed by atoms with Gasteiger partial charge in [-0.05, 0) is 26.3 Å². The molecule has 0 aliphatic carbocycles. The van der Waals surface area contributed by atoms with Crippen molar-refractivity contribution in [1.82, 2.24) is 15.3 Å². The van der Waals surface area contributed by atoms with Gasteiger partial charge in [0.05, 0.1) is 6.42 Å². The van der Waals surface area contributed by atoms with Gasteiger partial charge in [-0.3, -0.25) is 4.79 Å². The molecule has 0 saturated heterocycles. The number of carboxylic acids is 1. The van der Waals surface area contributed by atoms with E-state index in [1.54, 1.807) is 20.8 Å². The van der Waals surface area contributed by atoms with Gasteiger partial charge in [0, 0.05) is 20.1 Å². The summed E-state index contributed by atoms with van der Waals surface area (Å²) in [4.78, 5) is 48.7. The number of hydrazine groups is 1. The monoisotopic (exact) mass is 438 g/mol. The first-order chi connectivity index (χ1) is 14.4. The fourth-order valence-electron chi connectivity index (χ4n) is 2.35. The normalized spacial score (nSPS) is 11.9. The smallest absolute Gasteiger partial charge is 0.425 e. The third kappa shape index (κ3) is 9.81. The largest absolute Gasteiger partial charge is 0.480 e. The molecule has 0 spiro atoms. The molecule has 1 rings (SSSR count). The van der Waals surface area contributed by atoms with Crippen molar-refractivity contribution in [2.75, 3.05) is 20.1 Å². The van der Waals surface area contributed by atoms with Crippen molar-refractivity contribution in [1.29, 1.82) is 0 Å². The Bertz CT molecular complexity index is 765. The number of benzene rings is 1. The van der Waals surface area contributed by atoms with Crippen LogP contribution >= 0.6 is 0 Å². The molecule has 11 nitrogen and oxygen atoms in total. The van der Waals surface area contributed by atoms with Crippen LogP contribution in [0.1, 0.15) is 32.8 Å². The van der Waals surface area contributed by atoms with E-state index in [1.807, 2.05) is 30.3 Å². The maximum Gasteiger partial charge on any atom is 0.425 e. The molecule has 1 atom stereocenters. The molecule has 172 valence electrons. The van der Waals surface area contributed by atoms with Crippen LogP contribution in [0.2, 0.25) is 0 Å². The molecule has 1 aromatic rings. The first kappa shape index (κ1) is 25.7. The van der Waals surface area contributed by atoms with E-state index in [1.165, 1.54) is 11.9 Å². The van der Waals surface area contributed by atoms with Crippen molar-refractivity contribution < 1.29 is 33.8 Å². The number of aliphatic carboxylic acids is 1. The third-order valence-electron chi connectivity index (χ3n) is 3.83. The molecule has 1 aromatic carbocycles. The minimum absolute atomic E-state index is 0.0152. The number of nitrogens with one attached hydrogen (secondary N) is 1. The standard InChI is InChI=1S/C20H30N4O7/c1-20(2,3)31-19(29)24(15(17(26)27)12-16(21)25)22-10-11-23(4)18(28)30-13-14-8-6-5-7-9-14/h5-9,15,22H,10-13H2,1-4H3,(H2,21,25)(H,26,27)/t15-/m0/s1. The second-order valence-corrected chi connectivity index (χ2v) is 7.74. The van der Waals surface area contributed by atoms with Crippen LogP contribution in [-0.2, 0) is 25.7 Å². The van der Waals surface area contributed by atoms with Crippen LogP contribution in [0.3, 0.4) is 0 Å². The van der Waals surface area contributed by atoms with Gasteiger partial charge in [-0.25, -0.2) is 24.8 Å². The lowest BCUT2D eigenvalue weighted by Crippen LogP contribution is -2.56. The lowest BCUT2D eigenvalue weighted by atomic mass is 10.2. The highest BCUT2D eigenvalue weighted by molar-refractivity contribution is 5.86. The molecule has 0 heterocycles. The number of carbonyl (C=O) groups excluding carboxylic acids is 3. The van der Waals surface area contributed by atoms with Crippen LogP contribution < -0.4 is 11.2 Å². The molecular formula is C20H30N4O7. The van der Waals surface area contributed by atoms with Gasteiger partial charge >= 0.3 is 18.2 Å². The van der Waals surface area contributed by atoms with Crippen molar-refractivity contribution in [3.05, 3.63) is 35.9 Å². The number of rotatable bonds is 10. The van der Waals surface area contributed by atoms with E-state index in [4.69, 9.17) is 15.2 Å². The third-order valence-corrected chi connectivity index (χ3v) is 3.83. The Kier molecular flexibility index (Phi) is 9.74. The van der Waals surface area contributed by atoms with E-state index in [9.17, 15) is 24.3 Å². The molecule has 11 heteroatoms. The second-order valence-electron chi connectivity index (χ2n) is 7.74. The van der Waals surface area contributed by atoms with Gasteiger partial charge < -0.3 is 25.2 Å². The van der Waals surface area contributed by atoms with Gasteiger partial charge in [-0.2, -0.15) is 0 Å². The summed E-state index contributed by atoms with van der Waals surface area (Å²) >= 11 is 0. The van der Waals surface area contributed by atoms with Crippen LogP contribution in [0.15, 0.2) is 30.3 Å². The molecule has 0 aromatic heterocycles. The van der Waals surface area contributed by atoms with E-state index >= 15 is 0 Å². The molecule has 0 aliphatic heterocycles. The van der Waals surface area contributed by atoms with Crippen molar-refractivity contribution in [2.24, 2.45) is 5.73 Å². The van der Waals surface area contributed by atoms with Gasteiger partial charge in [-0.1, -0.05) is 30.3 Å². The van der Waals surface area contributed by atoms with Crippen LogP contribution in [0, 0.1) is 0 Å². The molecule has 0 aliphatic rings. The molecular weight excluding hydrogens is 408 g/mol. The Morgan fingerprint density at radius 3 is 2.26 bits per heavy atom. The summed E-state index contributed by atoms with van der Waals surface area (Å²) in [6.45, 7) is 5.01. The van der Waals surface area contributed by atoms with Gasteiger partial charge in [0.1, 0.15) is 12.2 Å². The number of nitrogens with two attached hydrogens (primary N) is 1. The zero-order chi connectivity index (χ0) is 23.6. The number of nitrogens with zero attached hydrogens (tertiary/aromatic N) is 2. The Labute approximate surface area is 181 Å². The maximum atomic E-state index is 12.5. The molecule has 0 fully saturated rings. The molecule has 0 radical (unpaired) electrons. The molecule has 0 unspecified atom stereocenters. The molecule has 0 bridgehead atoms. The van der Waals surface area contributed by atoms with Gasteiger partial charge in [0.2, 0.25) is 5.91 Å². The maximum absolute atomic E-state index is 12.5. The lowest BCUT2D eigenvalue weighted by molar-refractivity contribution is -0.146. The van der Waals surface area contributed by atoms with Crippen LogP contribution in [0.4, 0.5) is 9.59 Å². The zero-order valence-electron chi connectivity index (χ0n) is 18.2. The fraction of sp³-hybridized carbons (Fsp3) is 0.500. The lowest BCUT2D eigenvalue weighted by Gasteiger charge is -2.31. The highest BCUT2D eigenvalue weighted by atomic mass is 16.6. The first-order valence-corrected chi connectivity index (χ1v) is 9.59. The summed E-state index contributed by atoms with van der Waals surface area (Å²) in [5.74, 6) is -2.34. The van der Waals surface area contributed by atoms with E-state index in [-0.39, 0.29) is 19.7 Å². The Balaban J connectivity index is 2.71. The summed E-state index contributed by atoms with van der Waals surface area (Å²) in [5.41, 5.74) is 7.66. The average Bonchev–Trinajstić information content (AvgIpc) is 2.66. The van der Waals surface area contributed by atoms with Gasteiger partial charge in [0.15, 0.2) is 6.04 Å². The predicted octanol–water partition coefficient (Wildman–Crippen LogP) is 1.33. The number of carbonyl (C=O) groups is 4. The van der Waals surface area contributed by atoms with E-state index in [2.05, 4.69) is 5.43 Å². The molecule has 31 heavy (non-hydrogen) atoms. The van der Waals surface area contributed by atoms with Crippen LogP contribution in [0.5, 0.6) is 0 Å². The minimum Gasteiger partial charge on any atom is -0.480 e. The first-order valence-electron chi connectivity index (χ1n) is 9.59. The minimum atomic E-state index is -1.58. The predicted molar refractivity (Wildman–Crippen MR) is 111 cm³/mol. The van der Waals surface area contributed by atoms with E-state index < -0.39 is 42.1 Å². The Morgan fingerprint density at radius 1 is 1.13 bits per heavy atom. The van der Waals surface area contributed by atoms with E-state index in [0.29, 0.717) is 5.01 Å². The van der Waals surface area contributed by atoms with Crippen molar-refractivity contribution in [2.45, 2.75) is 45.4 Å². The van der Waals surface area contributed by atoms with E-state index in [0.717, 1.165) is 5.56 Å². The molecule has 0 saturated carbocycles. The average molecular weight is 438 g/mol. The van der Waals surface area contributed by atoms with Crippen molar-refractivity contribution >= 4 is 24.1 Å². The van der Waals surface area contributed by atoms with Gasteiger partial charge in [-0.15, -0.1) is 0 Å². The fourth-order valence-corrected chi connectivity index (χ4v) is 2.35. The molecule has 4 N–H and O–H groups in total. The second kappa shape index (κ2) is 11.7. The Hall–Kier alpha value is -3.34. The quantitative estimate of drug-likeness (QED) is 0.463. The number of primary amides is 1. The summed E-state index contributed by atoms with van der Waals surface area (Å²) in [6, 6.07) is 7.56. The molecule has 3 amide bonds. The summed E-state index contributed by atoms with van der Waals surface area (Å²) in [5, 5.41) is 10.1. The summed E-state index contributed by atoms with van der Waals surface area (Å²) in [6.07, 6.45) is -2.20. The highest BCUT2D eigenvalue weighted by Gasteiger charge is 2.34. The Morgan fingerprint density at radius 2 is 1.74 bits per heavy atom. The highest BCUT2D eigenvalue weighted by Crippen LogP contribution is 2.12. The van der Waals surface area contributed by atoms with Crippen LogP contribution in [0.25, 0.3) is 0 Å². The summed E-state index contributed by atoms with van der Waals surface area (Å²) in [7, 11) is 1.49. The number of hydrogen-bond acceptors (Lipinski definition) is 7. The number of amides is 3. The van der Waals surface area contributed by atoms with Gasteiger partial charge in [0.25, 0.3) is 0 Å². The zero-order valence-corrected chi connectivity index (χ0v) is 18.2.